The summed E-state index contributed by atoms with van der Waals surface area (Å²) in [4.78, 5) is 39.1. The van der Waals surface area contributed by atoms with Crippen LogP contribution < -0.4 is 10.2 Å². The standard InChI is InChI=1S/C25H21FN2O4/c1-15-7-8-17(14-21(15)27-23(29)19-5-3-4-6-20(19)26)24(30)28-12-11-16-13-18(25(31)32-2)9-10-22(16)28/h3-10,13-14H,11-12H2,1-2H3,(H,27,29). The predicted octanol–water partition coefficient (Wildman–Crippen LogP) is 4.38. The first-order valence-corrected chi connectivity index (χ1v) is 10.1. The number of carbonyl (C=O) groups is 3. The molecule has 6 nitrogen and oxygen atoms in total. The van der Waals surface area contributed by atoms with Crippen molar-refractivity contribution in [3.63, 3.8) is 0 Å². The zero-order chi connectivity index (χ0) is 22.8. The fraction of sp³-hybridized carbons (Fsp3) is 0.160. The fourth-order valence-corrected chi connectivity index (χ4v) is 3.74. The third-order valence-corrected chi connectivity index (χ3v) is 5.49. The monoisotopic (exact) mass is 432 g/mol. The SMILES string of the molecule is COC(=O)c1ccc2c(c1)CCN2C(=O)c1ccc(C)c(NC(=O)c2ccccc2F)c1. The van der Waals surface area contributed by atoms with Gasteiger partial charge in [-0.1, -0.05) is 18.2 Å². The fourth-order valence-electron chi connectivity index (χ4n) is 3.74. The first kappa shape index (κ1) is 21.2. The summed E-state index contributed by atoms with van der Waals surface area (Å²) in [6.07, 6.45) is 0.620. The van der Waals surface area contributed by atoms with Gasteiger partial charge in [-0.25, -0.2) is 9.18 Å². The number of anilines is 2. The quantitative estimate of drug-likeness (QED) is 0.621. The molecule has 2 amide bonds. The van der Waals surface area contributed by atoms with Crippen LogP contribution in [0.2, 0.25) is 0 Å². The smallest absolute Gasteiger partial charge is 0.337 e. The molecule has 0 saturated heterocycles. The van der Waals surface area contributed by atoms with Gasteiger partial charge in [-0.05, 0) is 66.9 Å². The number of hydrogen-bond acceptors (Lipinski definition) is 4. The second kappa shape index (κ2) is 8.63. The second-order valence-corrected chi connectivity index (χ2v) is 7.51. The molecule has 0 fully saturated rings. The number of methoxy groups -OCH3 is 1. The van der Waals surface area contributed by atoms with Crippen molar-refractivity contribution >= 4 is 29.2 Å². The minimum atomic E-state index is -0.616. The molecule has 7 heteroatoms. The molecule has 1 aliphatic rings. The number of rotatable bonds is 4. The van der Waals surface area contributed by atoms with E-state index in [-0.39, 0.29) is 11.5 Å². The first-order valence-electron chi connectivity index (χ1n) is 10.1. The topological polar surface area (TPSA) is 75.7 Å². The highest BCUT2D eigenvalue weighted by Gasteiger charge is 2.27. The number of halogens is 1. The van der Waals surface area contributed by atoms with Crippen molar-refractivity contribution in [2.24, 2.45) is 0 Å². The molecule has 162 valence electrons. The number of amides is 2. The third-order valence-electron chi connectivity index (χ3n) is 5.49. The van der Waals surface area contributed by atoms with Gasteiger partial charge in [0.05, 0.1) is 18.2 Å². The highest BCUT2D eigenvalue weighted by atomic mass is 19.1. The molecule has 0 aliphatic carbocycles. The van der Waals surface area contributed by atoms with Gasteiger partial charge in [-0.3, -0.25) is 9.59 Å². The molecule has 0 atom stereocenters. The number of esters is 1. The van der Waals surface area contributed by atoms with Crippen LogP contribution in [0.4, 0.5) is 15.8 Å². The Kier molecular flexibility index (Phi) is 5.73. The molecule has 0 aromatic heterocycles. The Balaban J connectivity index is 1.58. The minimum absolute atomic E-state index is 0.0708. The summed E-state index contributed by atoms with van der Waals surface area (Å²) in [5.41, 5.74) is 3.57. The van der Waals surface area contributed by atoms with Crippen LogP contribution in [-0.4, -0.2) is 31.4 Å². The van der Waals surface area contributed by atoms with Crippen LogP contribution in [0.5, 0.6) is 0 Å². The normalized spacial score (nSPS) is 12.3. The number of ether oxygens (including phenoxy) is 1. The van der Waals surface area contributed by atoms with E-state index in [1.165, 1.54) is 25.3 Å². The molecule has 1 aliphatic heterocycles. The van der Waals surface area contributed by atoms with Crippen molar-refractivity contribution in [3.8, 4) is 0 Å². The second-order valence-electron chi connectivity index (χ2n) is 7.51. The van der Waals surface area contributed by atoms with E-state index in [4.69, 9.17) is 4.74 Å². The molecule has 3 aromatic carbocycles. The average molecular weight is 432 g/mol. The molecule has 32 heavy (non-hydrogen) atoms. The van der Waals surface area contributed by atoms with Crippen LogP contribution in [0.1, 0.15) is 42.2 Å². The number of aryl methyl sites for hydroxylation is 1. The van der Waals surface area contributed by atoms with E-state index in [0.717, 1.165) is 16.8 Å². The first-order chi connectivity index (χ1) is 15.4. The molecule has 3 aromatic rings. The highest BCUT2D eigenvalue weighted by Crippen LogP contribution is 2.31. The number of hydrogen-bond donors (Lipinski definition) is 1. The van der Waals surface area contributed by atoms with Crippen LogP contribution >= 0.6 is 0 Å². The summed E-state index contributed by atoms with van der Waals surface area (Å²) in [6.45, 7) is 2.27. The number of fused-ring (bicyclic) bond motifs is 1. The Morgan fingerprint density at radius 3 is 2.50 bits per heavy atom. The van der Waals surface area contributed by atoms with Crippen LogP contribution in [-0.2, 0) is 11.2 Å². The maximum atomic E-state index is 13.9. The molecule has 0 saturated carbocycles. The van der Waals surface area contributed by atoms with E-state index < -0.39 is 17.7 Å². The zero-order valence-electron chi connectivity index (χ0n) is 17.6. The summed E-state index contributed by atoms with van der Waals surface area (Å²) in [7, 11) is 1.32. The Labute approximate surface area is 184 Å². The minimum Gasteiger partial charge on any atom is -0.465 e. The Hall–Kier alpha value is -4.00. The molecule has 0 unspecified atom stereocenters. The number of carbonyl (C=O) groups excluding carboxylic acids is 3. The Bertz CT molecular complexity index is 1240. The van der Waals surface area contributed by atoms with Crippen molar-refractivity contribution in [3.05, 3.63) is 94.3 Å². The van der Waals surface area contributed by atoms with E-state index >= 15 is 0 Å². The van der Waals surface area contributed by atoms with Gasteiger partial charge in [0.25, 0.3) is 11.8 Å². The largest absolute Gasteiger partial charge is 0.465 e. The summed E-state index contributed by atoms with van der Waals surface area (Å²) in [5, 5.41) is 2.70. The molecule has 4 rings (SSSR count). The summed E-state index contributed by atoms with van der Waals surface area (Å²) >= 11 is 0. The lowest BCUT2D eigenvalue weighted by Gasteiger charge is -2.19. The lowest BCUT2D eigenvalue weighted by atomic mass is 10.1. The summed E-state index contributed by atoms with van der Waals surface area (Å²) in [5.74, 6) is -1.85. The number of nitrogens with one attached hydrogen (secondary N) is 1. The highest BCUT2D eigenvalue weighted by molar-refractivity contribution is 6.09. The van der Waals surface area contributed by atoms with E-state index in [1.807, 2.05) is 0 Å². The maximum absolute atomic E-state index is 13.9. The number of nitrogens with zero attached hydrogens (tertiary/aromatic N) is 1. The molecule has 1 heterocycles. The van der Waals surface area contributed by atoms with Crippen molar-refractivity contribution in [2.45, 2.75) is 13.3 Å². The molecule has 1 N–H and O–H groups in total. The van der Waals surface area contributed by atoms with Gasteiger partial charge in [-0.2, -0.15) is 0 Å². The van der Waals surface area contributed by atoms with Crippen molar-refractivity contribution in [1.29, 1.82) is 0 Å². The Morgan fingerprint density at radius 1 is 1.00 bits per heavy atom. The lowest BCUT2D eigenvalue weighted by molar-refractivity contribution is 0.0600. The predicted molar refractivity (Wildman–Crippen MR) is 119 cm³/mol. The Morgan fingerprint density at radius 2 is 1.75 bits per heavy atom. The third kappa shape index (κ3) is 3.97. The van der Waals surface area contributed by atoms with Crippen LogP contribution in [0.25, 0.3) is 0 Å². The van der Waals surface area contributed by atoms with Crippen molar-refractivity contribution < 1.29 is 23.5 Å². The molecule has 0 radical (unpaired) electrons. The van der Waals surface area contributed by atoms with Crippen LogP contribution in [0, 0.1) is 12.7 Å². The van der Waals surface area contributed by atoms with Crippen molar-refractivity contribution in [2.75, 3.05) is 23.9 Å². The molecule has 0 bridgehead atoms. The summed E-state index contributed by atoms with van der Waals surface area (Å²) in [6, 6.07) is 15.9. The maximum Gasteiger partial charge on any atom is 0.337 e. The van der Waals surface area contributed by atoms with Gasteiger partial charge in [0.2, 0.25) is 0 Å². The lowest BCUT2D eigenvalue weighted by Crippen LogP contribution is -2.29. The van der Waals surface area contributed by atoms with E-state index in [2.05, 4.69) is 5.32 Å². The molecular weight excluding hydrogens is 411 g/mol. The summed E-state index contributed by atoms with van der Waals surface area (Å²) < 4.78 is 18.7. The van der Waals surface area contributed by atoms with Gasteiger partial charge in [0, 0.05) is 23.5 Å². The van der Waals surface area contributed by atoms with Crippen molar-refractivity contribution in [1.82, 2.24) is 0 Å². The van der Waals surface area contributed by atoms with E-state index in [1.54, 1.807) is 54.3 Å². The van der Waals surface area contributed by atoms with Gasteiger partial charge in [0.1, 0.15) is 5.82 Å². The number of benzene rings is 3. The van der Waals surface area contributed by atoms with Gasteiger partial charge in [0.15, 0.2) is 0 Å². The van der Waals surface area contributed by atoms with Crippen LogP contribution in [0.15, 0.2) is 60.7 Å². The molecule has 0 spiro atoms. The van der Waals surface area contributed by atoms with E-state index in [0.29, 0.717) is 29.8 Å². The molecular formula is C25H21FN2O4. The zero-order valence-corrected chi connectivity index (χ0v) is 17.6. The van der Waals surface area contributed by atoms with Gasteiger partial charge in [-0.15, -0.1) is 0 Å². The van der Waals surface area contributed by atoms with E-state index in [9.17, 15) is 18.8 Å². The average Bonchev–Trinajstić information content (AvgIpc) is 3.23. The van der Waals surface area contributed by atoms with Gasteiger partial charge < -0.3 is 15.0 Å². The van der Waals surface area contributed by atoms with Crippen LogP contribution in [0.3, 0.4) is 0 Å². The van der Waals surface area contributed by atoms with Gasteiger partial charge >= 0.3 is 5.97 Å².